The standard InChI is InChI=1S/C20H26N4O2/c25-19-7-6-18(19)24-10-8-23(9-11-24)14-4-5-17-16(12-14)20(22-13-21-17)26-15-2-1-3-15/h4-5,12-13,15,18-19,25H,1-3,6-11H2. The maximum Gasteiger partial charge on any atom is 0.224 e. The molecule has 1 aromatic carbocycles. The van der Waals surface area contributed by atoms with Gasteiger partial charge in [-0.15, -0.1) is 0 Å². The van der Waals surface area contributed by atoms with Crippen LogP contribution in [0.15, 0.2) is 24.5 Å². The van der Waals surface area contributed by atoms with E-state index in [-0.39, 0.29) is 6.10 Å². The van der Waals surface area contributed by atoms with Gasteiger partial charge in [-0.3, -0.25) is 4.90 Å². The molecular weight excluding hydrogens is 328 g/mol. The molecule has 2 aliphatic carbocycles. The minimum atomic E-state index is -0.120. The second-order valence-corrected chi connectivity index (χ2v) is 7.79. The highest BCUT2D eigenvalue weighted by Crippen LogP contribution is 2.32. The lowest BCUT2D eigenvalue weighted by molar-refractivity contribution is -0.0229. The summed E-state index contributed by atoms with van der Waals surface area (Å²) >= 11 is 0. The first-order valence-electron chi connectivity index (χ1n) is 9.86. The molecule has 6 nitrogen and oxygen atoms in total. The van der Waals surface area contributed by atoms with Gasteiger partial charge < -0.3 is 14.7 Å². The van der Waals surface area contributed by atoms with Gasteiger partial charge in [0.05, 0.1) is 17.0 Å². The number of aliphatic hydroxyl groups is 1. The van der Waals surface area contributed by atoms with Gasteiger partial charge in [0.1, 0.15) is 12.4 Å². The van der Waals surface area contributed by atoms with Crippen molar-refractivity contribution >= 4 is 16.6 Å². The zero-order valence-electron chi connectivity index (χ0n) is 15.0. The monoisotopic (exact) mass is 354 g/mol. The van der Waals surface area contributed by atoms with Crippen LogP contribution in [0.5, 0.6) is 5.88 Å². The van der Waals surface area contributed by atoms with E-state index in [1.165, 1.54) is 12.1 Å². The molecule has 1 aromatic heterocycles. The molecule has 138 valence electrons. The summed E-state index contributed by atoms with van der Waals surface area (Å²) in [5, 5.41) is 10.9. The Kier molecular flexibility index (Phi) is 4.17. The Bertz CT molecular complexity index is 786. The van der Waals surface area contributed by atoms with Crippen LogP contribution in [0.4, 0.5) is 5.69 Å². The summed E-state index contributed by atoms with van der Waals surface area (Å²) < 4.78 is 6.08. The van der Waals surface area contributed by atoms with Crippen LogP contribution < -0.4 is 9.64 Å². The van der Waals surface area contributed by atoms with Crippen molar-refractivity contribution in [3.8, 4) is 5.88 Å². The van der Waals surface area contributed by atoms with E-state index in [1.807, 2.05) is 0 Å². The molecule has 3 fully saturated rings. The number of aromatic nitrogens is 2. The van der Waals surface area contributed by atoms with Crippen LogP contribution in [-0.2, 0) is 0 Å². The van der Waals surface area contributed by atoms with Gasteiger partial charge in [-0.25, -0.2) is 9.97 Å². The summed E-state index contributed by atoms with van der Waals surface area (Å²) in [5.74, 6) is 0.720. The maximum absolute atomic E-state index is 9.91. The summed E-state index contributed by atoms with van der Waals surface area (Å²) in [6.07, 6.45) is 7.38. The Morgan fingerprint density at radius 1 is 1.00 bits per heavy atom. The van der Waals surface area contributed by atoms with Crippen LogP contribution in [0.2, 0.25) is 0 Å². The van der Waals surface area contributed by atoms with Crippen molar-refractivity contribution in [1.82, 2.24) is 14.9 Å². The zero-order valence-corrected chi connectivity index (χ0v) is 15.0. The lowest BCUT2D eigenvalue weighted by atomic mass is 9.87. The van der Waals surface area contributed by atoms with Gasteiger partial charge in [0.15, 0.2) is 0 Å². The number of aliphatic hydroxyl groups excluding tert-OH is 1. The predicted molar refractivity (Wildman–Crippen MR) is 101 cm³/mol. The van der Waals surface area contributed by atoms with E-state index >= 15 is 0 Å². The highest BCUT2D eigenvalue weighted by Gasteiger charge is 2.35. The van der Waals surface area contributed by atoms with Crippen molar-refractivity contribution < 1.29 is 9.84 Å². The normalized spacial score (nSPS) is 27.2. The molecule has 2 saturated carbocycles. The summed E-state index contributed by atoms with van der Waals surface area (Å²) in [6.45, 7) is 4.00. The van der Waals surface area contributed by atoms with Gasteiger partial charge in [0, 0.05) is 37.9 Å². The SMILES string of the molecule is OC1CCC1N1CCN(c2ccc3ncnc(OC4CCC4)c3c2)CC1. The largest absolute Gasteiger partial charge is 0.474 e. The molecule has 6 heteroatoms. The average molecular weight is 354 g/mol. The van der Waals surface area contributed by atoms with Crippen molar-refractivity contribution in [2.24, 2.45) is 0 Å². The molecule has 0 spiro atoms. The fraction of sp³-hybridized carbons (Fsp3) is 0.600. The fourth-order valence-electron chi connectivity index (χ4n) is 4.16. The van der Waals surface area contributed by atoms with Crippen molar-refractivity contribution in [3.63, 3.8) is 0 Å². The van der Waals surface area contributed by atoms with E-state index in [4.69, 9.17) is 4.74 Å². The summed E-state index contributed by atoms with van der Waals surface area (Å²) in [6, 6.07) is 6.78. The van der Waals surface area contributed by atoms with Crippen LogP contribution in [0.1, 0.15) is 32.1 Å². The summed E-state index contributed by atoms with van der Waals surface area (Å²) in [5.41, 5.74) is 2.15. The zero-order chi connectivity index (χ0) is 17.5. The number of hydrogen-bond acceptors (Lipinski definition) is 6. The number of piperazine rings is 1. The van der Waals surface area contributed by atoms with E-state index in [0.29, 0.717) is 12.1 Å². The quantitative estimate of drug-likeness (QED) is 0.908. The van der Waals surface area contributed by atoms with E-state index < -0.39 is 0 Å². The number of anilines is 1. The lowest BCUT2D eigenvalue weighted by Crippen LogP contribution is -2.57. The van der Waals surface area contributed by atoms with Crippen LogP contribution in [0, 0.1) is 0 Å². The molecule has 3 aliphatic rings. The molecular formula is C20H26N4O2. The van der Waals surface area contributed by atoms with E-state index in [0.717, 1.165) is 68.6 Å². The Balaban J connectivity index is 1.33. The molecule has 0 bridgehead atoms. The molecule has 2 unspecified atom stereocenters. The number of hydrogen-bond donors (Lipinski definition) is 1. The van der Waals surface area contributed by atoms with Crippen molar-refractivity contribution in [3.05, 3.63) is 24.5 Å². The Labute approximate surface area is 153 Å². The van der Waals surface area contributed by atoms with E-state index in [2.05, 4.69) is 38.0 Å². The Hall–Kier alpha value is -1.92. The Morgan fingerprint density at radius 3 is 2.50 bits per heavy atom. The first kappa shape index (κ1) is 16.3. The minimum Gasteiger partial charge on any atom is -0.474 e. The second-order valence-electron chi connectivity index (χ2n) is 7.79. The smallest absolute Gasteiger partial charge is 0.224 e. The highest BCUT2D eigenvalue weighted by molar-refractivity contribution is 5.86. The molecule has 1 N–H and O–H groups in total. The van der Waals surface area contributed by atoms with E-state index in [1.54, 1.807) is 6.33 Å². The number of ether oxygens (including phenoxy) is 1. The molecule has 2 atom stereocenters. The number of rotatable bonds is 4. The third-order valence-electron chi connectivity index (χ3n) is 6.26. The van der Waals surface area contributed by atoms with Crippen LogP contribution in [0.25, 0.3) is 10.9 Å². The summed E-state index contributed by atoms with van der Waals surface area (Å²) in [4.78, 5) is 13.6. The van der Waals surface area contributed by atoms with Gasteiger partial charge in [-0.05, 0) is 50.3 Å². The maximum atomic E-state index is 9.91. The molecule has 2 aromatic rings. The molecule has 5 rings (SSSR count). The van der Waals surface area contributed by atoms with Crippen LogP contribution >= 0.6 is 0 Å². The Morgan fingerprint density at radius 2 is 1.85 bits per heavy atom. The molecule has 0 amide bonds. The molecule has 0 radical (unpaired) electrons. The van der Waals surface area contributed by atoms with Crippen molar-refractivity contribution in [1.29, 1.82) is 0 Å². The average Bonchev–Trinajstić information content (AvgIpc) is 2.64. The second kappa shape index (κ2) is 6.67. The van der Waals surface area contributed by atoms with Gasteiger partial charge in [-0.2, -0.15) is 0 Å². The minimum absolute atomic E-state index is 0.120. The molecule has 2 heterocycles. The van der Waals surface area contributed by atoms with E-state index in [9.17, 15) is 5.11 Å². The van der Waals surface area contributed by atoms with Gasteiger partial charge in [0.25, 0.3) is 0 Å². The van der Waals surface area contributed by atoms with Crippen LogP contribution in [-0.4, -0.2) is 64.4 Å². The summed E-state index contributed by atoms with van der Waals surface area (Å²) in [7, 11) is 0. The van der Waals surface area contributed by atoms with Crippen LogP contribution in [0.3, 0.4) is 0 Å². The molecule has 1 aliphatic heterocycles. The number of fused-ring (bicyclic) bond motifs is 1. The van der Waals surface area contributed by atoms with Gasteiger partial charge in [-0.1, -0.05) is 0 Å². The number of nitrogens with zero attached hydrogens (tertiary/aromatic N) is 4. The first-order valence-corrected chi connectivity index (χ1v) is 9.86. The van der Waals surface area contributed by atoms with Crippen molar-refractivity contribution in [2.45, 2.75) is 50.4 Å². The molecule has 26 heavy (non-hydrogen) atoms. The molecule has 1 saturated heterocycles. The fourth-order valence-corrected chi connectivity index (χ4v) is 4.16. The predicted octanol–water partition coefficient (Wildman–Crippen LogP) is 2.21. The highest BCUT2D eigenvalue weighted by atomic mass is 16.5. The lowest BCUT2D eigenvalue weighted by Gasteiger charge is -2.46. The van der Waals surface area contributed by atoms with Crippen molar-refractivity contribution in [2.75, 3.05) is 31.1 Å². The van der Waals surface area contributed by atoms with Gasteiger partial charge in [0.2, 0.25) is 5.88 Å². The van der Waals surface area contributed by atoms with Gasteiger partial charge >= 0.3 is 0 Å². The third-order valence-corrected chi connectivity index (χ3v) is 6.26. The number of benzene rings is 1. The third kappa shape index (κ3) is 2.91. The first-order chi connectivity index (χ1) is 12.8. The topological polar surface area (TPSA) is 61.7 Å².